The Morgan fingerprint density at radius 2 is 1.73 bits per heavy atom. The molecule has 136 valence electrons. The van der Waals surface area contributed by atoms with E-state index in [4.69, 9.17) is 0 Å². The van der Waals surface area contributed by atoms with Crippen molar-refractivity contribution >= 4 is 50.1 Å². The van der Waals surface area contributed by atoms with E-state index in [1.807, 2.05) is 19.1 Å². The molecule has 26 heavy (non-hydrogen) atoms. The zero-order valence-electron chi connectivity index (χ0n) is 14.0. The number of carbonyl (C=O) groups is 2. The third kappa shape index (κ3) is 3.75. The summed E-state index contributed by atoms with van der Waals surface area (Å²) in [6, 6.07) is 12.3. The van der Waals surface area contributed by atoms with Crippen molar-refractivity contribution in [1.82, 2.24) is 4.31 Å². The van der Waals surface area contributed by atoms with E-state index in [-0.39, 0.29) is 17.7 Å². The number of hydrogen-bond donors (Lipinski definition) is 1. The van der Waals surface area contributed by atoms with Gasteiger partial charge < -0.3 is 5.32 Å². The Morgan fingerprint density at radius 1 is 1.12 bits per heavy atom. The molecule has 1 aliphatic heterocycles. The lowest BCUT2D eigenvalue weighted by atomic mass is 10.2. The minimum absolute atomic E-state index is 0.00501. The van der Waals surface area contributed by atoms with Crippen LogP contribution in [-0.2, 0) is 19.6 Å². The van der Waals surface area contributed by atoms with Crippen molar-refractivity contribution in [2.45, 2.75) is 30.7 Å². The topological polar surface area (TPSA) is 83.6 Å². The van der Waals surface area contributed by atoms with Crippen molar-refractivity contribution in [3.05, 3.63) is 57.7 Å². The highest BCUT2D eigenvalue weighted by Crippen LogP contribution is 2.28. The maximum absolute atomic E-state index is 12.9. The summed E-state index contributed by atoms with van der Waals surface area (Å²) in [6.07, 6.45) is 0.190. The Bertz CT molecular complexity index is 940. The third-order valence-electron chi connectivity index (χ3n) is 4.15. The van der Waals surface area contributed by atoms with Crippen LogP contribution in [0.5, 0.6) is 0 Å². The van der Waals surface area contributed by atoms with Crippen LogP contribution in [0.25, 0.3) is 0 Å². The molecule has 1 N–H and O–H groups in total. The lowest BCUT2D eigenvalue weighted by molar-refractivity contribution is -0.128. The Kier molecular flexibility index (Phi) is 5.33. The van der Waals surface area contributed by atoms with Gasteiger partial charge in [-0.2, -0.15) is 0 Å². The molecule has 0 radical (unpaired) electrons. The van der Waals surface area contributed by atoms with Gasteiger partial charge in [0.15, 0.2) is 0 Å². The van der Waals surface area contributed by atoms with Gasteiger partial charge in [0.05, 0.1) is 4.90 Å². The van der Waals surface area contributed by atoms with Crippen molar-refractivity contribution in [3.63, 3.8) is 0 Å². The van der Waals surface area contributed by atoms with E-state index in [9.17, 15) is 18.0 Å². The van der Waals surface area contributed by atoms with E-state index >= 15 is 0 Å². The summed E-state index contributed by atoms with van der Waals surface area (Å²) < 4.78 is 27.5. The number of rotatable bonds is 4. The fourth-order valence-electron chi connectivity index (χ4n) is 2.78. The summed E-state index contributed by atoms with van der Waals surface area (Å²) in [5.74, 6) is -1.07. The molecule has 0 aromatic heterocycles. The zero-order chi connectivity index (χ0) is 18.9. The molecule has 1 saturated heterocycles. The molecule has 0 saturated carbocycles. The standard InChI is InChI=1S/C18H17IN2O4S/c1-12-2-8-15(9-3-12)26(24,25)21-16(10-11-17(21)22)18(23)20-14-6-4-13(19)5-7-14/h2-9,16H,10-11H2,1H3,(H,20,23)/t16-/m0/s1. The van der Waals surface area contributed by atoms with E-state index in [2.05, 4.69) is 27.9 Å². The summed E-state index contributed by atoms with van der Waals surface area (Å²) in [5, 5.41) is 2.69. The van der Waals surface area contributed by atoms with E-state index < -0.39 is 27.9 Å². The van der Waals surface area contributed by atoms with Gasteiger partial charge in [0, 0.05) is 15.7 Å². The van der Waals surface area contributed by atoms with Gasteiger partial charge in [-0.1, -0.05) is 17.7 Å². The molecule has 3 rings (SSSR count). The van der Waals surface area contributed by atoms with E-state index in [1.165, 1.54) is 12.1 Å². The second-order valence-corrected chi connectivity index (χ2v) is 9.12. The number of sulfonamides is 1. The molecule has 6 nitrogen and oxygen atoms in total. The first kappa shape index (κ1) is 18.8. The second-order valence-electron chi connectivity index (χ2n) is 6.06. The molecule has 2 amide bonds. The summed E-state index contributed by atoms with van der Waals surface area (Å²) in [5.41, 5.74) is 1.46. The summed E-state index contributed by atoms with van der Waals surface area (Å²) in [7, 11) is -4.08. The molecule has 1 atom stereocenters. The van der Waals surface area contributed by atoms with Gasteiger partial charge in [0.1, 0.15) is 6.04 Å². The van der Waals surface area contributed by atoms with Crippen LogP contribution in [0.2, 0.25) is 0 Å². The van der Waals surface area contributed by atoms with Gasteiger partial charge in [-0.05, 0) is 72.3 Å². The SMILES string of the molecule is Cc1ccc(S(=O)(=O)N2C(=O)CC[C@H]2C(=O)Nc2ccc(I)cc2)cc1. The summed E-state index contributed by atoms with van der Waals surface area (Å²) in [6.45, 7) is 1.84. The Labute approximate surface area is 165 Å². The number of halogens is 1. The monoisotopic (exact) mass is 484 g/mol. The van der Waals surface area contributed by atoms with Crippen LogP contribution < -0.4 is 5.32 Å². The minimum atomic E-state index is -4.08. The van der Waals surface area contributed by atoms with E-state index in [0.717, 1.165) is 13.4 Å². The molecular weight excluding hydrogens is 467 g/mol. The van der Waals surface area contributed by atoms with Gasteiger partial charge in [0.25, 0.3) is 10.0 Å². The normalized spacial score (nSPS) is 17.4. The third-order valence-corrected chi connectivity index (χ3v) is 6.72. The smallest absolute Gasteiger partial charge is 0.267 e. The quantitative estimate of drug-likeness (QED) is 0.677. The number of nitrogens with one attached hydrogen (secondary N) is 1. The minimum Gasteiger partial charge on any atom is -0.324 e. The Balaban J connectivity index is 1.87. The second kappa shape index (κ2) is 7.36. The molecule has 1 heterocycles. The molecule has 8 heteroatoms. The lowest BCUT2D eigenvalue weighted by Crippen LogP contribution is -2.45. The fourth-order valence-corrected chi connectivity index (χ4v) is 4.75. The van der Waals surface area contributed by atoms with Crippen molar-refractivity contribution in [1.29, 1.82) is 0 Å². The first-order chi connectivity index (χ1) is 12.3. The van der Waals surface area contributed by atoms with Crippen LogP contribution in [0, 0.1) is 10.5 Å². The molecule has 1 fully saturated rings. The van der Waals surface area contributed by atoms with Gasteiger partial charge in [-0.25, -0.2) is 12.7 Å². The predicted octanol–water partition coefficient (Wildman–Crippen LogP) is 2.92. The first-order valence-electron chi connectivity index (χ1n) is 7.99. The molecule has 2 aromatic carbocycles. The number of aryl methyl sites for hydroxylation is 1. The van der Waals surface area contributed by atoms with E-state index in [1.54, 1.807) is 24.3 Å². The van der Waals surface area contributed by atoms with Gasteiger partial charge in [-0.15, -0.1) is 0 Å². The average Bonchev–Trinajstić information content (AvgIpc) is 3.00. The predicted molar refractivity (Wildman–Crippen MR) is 106 cm³/mol. The Hall–Kier alpha value is -1.94. The molecule has 0 unspecified atom stereocenters. The van der Waals surface area contributed by atoms with Crippen LogP contribution in [0.3, 0.4) is 0 Å². The average molecular weight is 484 g/mol. The van der Waals surface area contributed by atoms with Crippen LogP contribution in [0.1, 0.15) is 18.4 Å². The van der Waals surface area contributed by atoms with Crippen molar-refractivity contribution < 1.29 is 18.0 Å². The lowest BCUT2D eigenvalue weighted by Gasteiger charge is -2.23. The van der Waals surface area contributed by atoms with Crippen LogP contribution in [0.4, 0.5) is 5.69 Å². The number of hydrogen-bond acceptors (Lipinski definition) is 4. The number of benzene rings is 2. The zero-order valence-corrected chi connectivity index (χ0v) is 17.0. The molecule has 0 spiro atoms. The van der Waals surface area contributed by atoms with Gasteiger partial charge in [0.2, 0.25) is 11.8 Å². The van der Waals surface area contributed by atoms with E-state index in [0.29, 0.717) is 5.69 Å². The molecular formula is C18H17IN2O4S. The number of nitrogens with zero attached hydrogens (tertiary/aromatic N) is 1. The summed E-state index contributed by atoms with van der Waals surface area (Å²) >= 11 is 2.15. The first-order valence-corrected chi connectivity index (χ1v) is 10.5. The van der Waals surface area contributed by atoms with Crippen LogP contribution in [0.15, 0.2) is 53.4 Å². The molecule has 0 aliphatic carbocycles. The summed E-state index contributed by atoms with van der Waals surface area (Å²) in [4.78, 5) is 24.9. The Morgan fingerprint density at radius 3 is 2.35 bits per heavy atom. The van der Waals surface area contributed by atoms with Crippen LogP contribution in [-0.4, -0.2) is 30.6 Å². The number of carbonyl (C=O) groups excluding carboxylic acids is 2. The maximum Gasteiger partial charge on any atom is 0.267 e. The highest BCUT2D eigenvalue weighted by molar-refractivity contribution is 14.1. The largest absolute Gasteiger partial charge is 0.324 e. The highest BCUT2D eigenvalue weighted by atomic mass is 127. The van der Waals surface area contributed by atoms with Crippen LogP contribution >= 0.6 is 22.6 Å². The fraction of sp³-hybridized carbons (Fsp3) is 0.222. The van der Waals surface area contributed by atoms with Crippen molar-refractivity contribution in [2.24, 2.45) is 0 Å². The molecule has 1 aliphatic rings. The van der Waals surface area contributed by atoms with Gasteiger partial charge >= 0.3 is 0 Å². The van der Waals surface area contributed by atoms with Crippen molar-refractivity contribution in [2.75, 3.05) is 5.32 Å². The molecule has 0 bridgehead atoms. The highest BCUT2D eigenvalue weighted by Gasteiger charge is 2.44. The maximum atomic E-state index is 12.9. The molecule has 2 aromatic rings. The van der Waals surface area contributed by atoms with Crippen molar-refractivity contribution in [3.8, 4) is 0 Å². The number of anilines is 1. The van der Waals surface area contributed by atoms with Gasteiger partial charge in [-0.3, -0.25) is 9.59 Å². The number of amides is 2.